The Balaban J connectivity index is 1.60. The fourth-order valence-corrected chi connectivity index (χ4v) is 3.85. The molecule has 0 fully saturated rings. The van der Waals surface area contributed by atoms with Crippen LogP contribution in [0.1, 0.15) is 25.3 Å². The Bertz CT molecular complexity index is 1070. The first kappa shape index (κ1) is 17.5. The van der Waals surface area contributed by atoms with Crippen LogP contribution in [0.4, 0.5) is 10.8 Å². The number of hydrogen-bond acceptors (Lipinski definition) is 5. The number of rotatable bonds is 5. The van der Waals surface area contributed by atoms with Gasteiger partial charge < -0.3 is 10.1 Å². The first-order valence-electron chi connectivity index (χ1n) is 8.89. The fourth-order valence-electron chi connectivity index (χ4n) is 2.92. The first-order valence-corrected chi connectivity index (χ1v) is 9.71. The standard InChI is InChI=1S/C22H21N3OS/c1-14(2)15-4-7-18(8-5-15)24-22-25-20-9-6-16(11-21(20)27-22)17-10-19(26-3)13-23-12-17/h4-14H,1-3H3,(H,24,25). The molecule has 0 saturated carbocycles. The Hall–Kier alpha value is -2.92. The van der Waals surface area contributed by atoms with E-state index in [1.54, 1.807) is 24.6 Å². The van der Waals surface area contributed by atoms with E-state index in [0.29, 0.717) is 5.92 Å². The molecule has 2 aromatic carbocycles. The highest BCUT2D eigenvalue weighted by atomic mass is 32.1. The van der Waals surface area contributed by atoms with Crippen LogP contribution in [0.3, 0.4) is 0 Å². The molecule has 2 heterocycles. The third kappa shape index (κ3) is 3.78. The maximum absolute atomic E-state index is 5.28. The molecule has 4 nitrogen and oxygen atoms in total. The normalized spacial score (nSPS) is 11.1. The van der Waals surface area contributed by atoms with Crippen LogP contribution >= 0.6 is 11.3 Å². The van der Waals surface area contributed by atoms with Crippen LogP contribution in [0, 0.1) is 0 Å². The summed E-state index contributed by atoms with van der Waals surface area (Å²) < 4.78 is 6.41. The molecule has 0 radical (unpaired) electrons. The van der Waals surface area contributed by atoms with Crippen LogP contribution in [0.15, 0.2) is 60.9 Å². The number of nitrogens with zero attached hydrogens (tertiary/aromatic N) is 2. The van der Waals surface area contributed by atoms with Gasteiger partial charge in [-0.2, -0.15) is 0 Å². The molecule has 0 unspecified atom stereocenters. The van der Waals surface area contributed by atoms with Gasteiger partial charge in [-0.25, -0.2) is 4.98 Å². The smallest absolute Gasteiger partial charge is 0.188 e. The highest BCUT2D eigenvalue weighted by molar-refractivity contribution is 7.22. The summed E-state index contributed by atoms with van der Waals surface area (Å²) in [5, 5.41) is 4.30. The summed E-state index contributed by atoms with van der Waals surface area (Å²) in [6.07, 6.45) is 3.56. The number of methoxy groups -OCH3 is 1. The van der Waals surface area contributed by atoms with Gasteiger partial charge in [0.05, 0.1) is 23.5 Å². The molecule has 2 aromatic heterocycles. The predicted molar refractivity (Wildman–Crippen MR) is 113 cm³/mol. The third-order valence-electron chi connectivity index (χ3n) is 4.50. The molecule has 0 atom stereocenters. The third-order valence-corrected chi connectivity index (χ3v) is 5.43. The molecule has 0 spiro atoms. The van der Waals surface area contributed by atoms with Gasteiger partial charge in [-0.3, -0.25) is 4.98 Å². The summed E-state index contributed by atoms with van der Waals surface area (Å²) >= 11 is 1.65. The zero-order chi connectivity index (χ0) is 18.8. The molecule has 4 aromatic rings. The lowest BCUT2D eigenvalue weighted by atomic mass is 10.0. The Labute approximate surface area is 162 Å². The van der Waals surface area contributed by atoms with Crippen molar-refractivity contribution in [1.29, 1.82) is 0 Å². The molecule has 0 aliphatic rings. The van der Waals surface area contributed by atoms with E-state index >= 15 is 0 Å². The van der Waals surface area contributed by atoms with E-state index in [0.717, 1.165) is 37.9 Å². The van der Waals surface area contributed by atoms with Crippen molar-refractivity contribution in [2.75, 3.05) is 12.4 Å². The second kappa shape index (κ2) is 7.37. The lowest BCUT2D eigenvalue weighted by Crippen LogP contribution is -1.91. The molecule has 0 saturated heterocycles. The molecule has 1 N–H and O–H groups in total. The lowest BCUT2D eigenvalue weighted by molar-refractivity contribution is 0.413. The molecule has 0 bridgehead atoms. The van der Waals surface area contributed by atoms with Crippen molar-refractivity contribution in [1.82, 2.24) is 9.97 Å². The Morgan fingerprint density at radius 2 is 1.78 bits per heavy atom. The van der Waals surface area contributed by atoms with E-state index in [9.17, 15) is 0 Å². The molecular weight excluding hydrogens is 354 g/mol. The summed E-state index contributed by atoms with van der Waals surface area (Å²) in [5.41, 5.74) is 5.51. The summed E-state index contributed by atoms with van der Waals surface area (Å²) in [6.45, 7) is 4.40. The zero-order valence-electron chi connectivity index (χ0n) is 15.6. The summed E-state index contributed by atoms with van der Waals surface area (Å²) in [5.74, 6) is 1.29. The van der Waals surface area contributed by atoms with Crippen LogP contribution < -0.4 is 10.1 Å². The highest BCUT2D eigenvalue weighted by Gasteiger charge is 2.08. The first-order chi connectivity index (χ1) is 13.1. The number of hydrogen-bond donors (Lipinski definition) is 1. The summed E-state index contributed by atoms with van der Waals surface area (Å²) in [4.78, 5) is 8.94. The minimum absolute atomic E-state index is 0.533. The number of fused-ring (bicyclic) bond motifs is 1. The van der Waals surface area contributed by atoms with Crippen molar-refractivity contribution in [3.05, 3.63) is 66.5 Å². The number of ether oxygens (including phenoxy) is 1. The van der Waals surface area contributed by atoms with Gasteiger partial charge in [0, 0.05) is 17.4 Å². The fraction of sp³-hybridized carbons (Fsp3) is 0.182. The minimum Gasteiger partial charge on any atom is -0.495 e. The number of aromatic nitrogens is 2. The van der Waals surface area contributed by atoms with E-state index < -0.39 is 0 Å². The van der Waals surface area contributed by atoms with Crippen LogP contribution in [0.5, 0.6) is 5.75 Å². The average Bonchev–Trinajstić information content (AvgIpc) is 3.09. The quantitative estimate of drug-likeness (QED) is 0.449. The van der Waals surface area contributed by atoms with Gasteiger partial charge >= 0.3 is 0 Å². The molecular formula is C22H21N3OS. The lowest BCUT2D eigenvalue weighted by Gasteiger charge is -2.07. The van der Waals surface area contributed by atoms with Crippen molar-refractivity contribution in [2.45, 2.75) is 19.8 Å². The van der Waals surface area contributed by atoms with Gasteiger partial charge in [0.25, 0.3) is 0 Å². The number of nitrogens with one attached hydrogen (secondary N) is 1. The number of pyridine rings is 1. The largest absolute Gasteiger partial charge is 0.495 e. The Kier molecular flexibility index (Phi) is 4.77. The van der Waals surface area contributed by atoms with E-state index in [4.69, 9.17) is 9.72 Å². The van der Waals surface area contributed by atoms with E-state index in [-0.39, 0.29) is 0 Å². The van der Waals surface area contributed by atoms with Gasteiger partial charge in [0.15, 0.2) is 5.13 Å². The van der Waals surface area contributed by atoms with Crippen molar-refractivity contribution in [2.24, 2.45) is 0 Å². The number of benzene rings is 2. The minimum atomic E-state index is 0.533. The molecule has 4 rings (SSSR count). The Morgan fingerprint density at radius 1 is 0.963 bits per heavy atom. The van der Waals surface area contributed by atoms with Gasteiger partial charge in [-0.15, -0.1) is 0 Å². The molecule has 5 heteroatoms. The molecule has 0 aliphatic heterocycles. The molecule has 27 heavy (non-hydrogen) atoms. The van der Waals surface area contributed by atoms with Crippen LogP contribution in [-0.4, -0.2) is 17.1 Å². The molecule has 0 amide bonds. The van der Waals surface area contributed by atoms with Crippen LogP contribution in [0.25, 0.3) is 21.3 Å². The second-order valence-electron chi connectivity index (χ2n) is 6.72. The SMILES string of the molecule is COc1cncc(-c2ccc3nc(Nc4ccc(C(C)C)cc4)sc3c2)c1. The Morgan fingerprint density at radius 3 is 2.52 bits per heavy atom. The predicted octanol–water partition coefficient (Wildman–Crippen LogP) is 6.23. The van der Waals surface area contributed by atoms with Crippen LogP contribution in [0.2, 0.25) is 0 Å². The van der Waals surface area contributed by atoms with Crippen LogP contribution in [-0.2, 0) is 0 Å². The van der Waals surface area contributed by atoms with Gasteiger partial charge in [-0.1, -0.05) is 43.4 Å². The van der Waals surface area contributed by atoms with E-state index in [2.05, 4.69) is 60.5 Å². The van der Waals surface area contributed by atoms with E-state index in [1.807, 2.05) is 18.3 Å². The molecule has 0 aliphatic carbocycles. The van der Waals surface area contributed by atoms with Gasteiger partial charge in [-0.05, 0) is 47.4 Å². The number of thiazole rings is 1. The van der Waals surface area contributed by atoms with Crippen molar-refractivity contribution >= 4 is 32.4 Å². The molecule has 136 valence electrons. The average molecular weight is 375 g/mol. The van der Waals surface area contributed by atoms with E-state index in [1.165, 1.54) is 5.56 Å². The van der Waals surface area contributed by atoms with Gasteiger partial charge in [0.1, 0.15) is 5.75 Å². The summed E-state index contributed by atoms with van der Waals surface area (Å²) in [6, 6.07) is 16.8. The topological polar surface area (TPSA) is 47.0 Å². The maximum atomic E-state index is 5.28. The van der Waals surface area contributed by atoms with Crippen molar-refractivity contribution in [3.63, 3.8) is 0 Å². The van der Waals surface area contributed by atoms with Gasteiger partial charge in [0.2, 0.25) is 0 Å². The highest BCUT2D eigenvalue weighted by Crippen LogP contribution is 2.32. The summed E-state index contributed by atoms with van der Waals surface area (Å²) in [7, 11) is 1.65. The zero-order valence-corrected chi connectivity index (χ0v) is 16.4. The maximum Gasteiger partial charge on any atom is 0.188 e. The van der Waals surface area contributed by atoms with Crippen molar-refractivity contribution < 1.29 is 4.74 Å². The number of anilines is 2. The van der Waals surface area contributed by atoms with Crippen molar-refractivity contribution in [3.8, 4) is 16.9 Å². The monoisotopic (exact) mass is 375 g/mol. The second-order valence-corrected chi connectivity index (χ2v) is 7.75.